The highest BCUT2D eigenvalue weighted by Gasteiger charge is 2.39. The number of nitrogens with one attached hydrogen (secondary N) is 1. The number of carbonyl (C=O) groups is 1. The van der Waals surface area contributed by atoms with E-state index >= 15 is 0 Å². The van der Waals surface area contributed by atoms with Gasteiger partial charge in [0, 0.05) is 16.8 Å². The molecule has 0 atom stereocenters. The summed E-state index contributed by atoms with van der Waals surface area (Å²) in [6.45, 7) is 0. The summed E-state index contributed by atoms with van der Waals surface area (Å²) in [5.41, 5.74) is 1.10. The van der Waals surface area contributed by atoms with Gasteiger partial charge >= 0.3 is 6.18 Å². The summed E-state index contributed by atoms with van der Waals surface area (Å²) in [7, 11) is 0. The van der Waals surface area contributed by atoms with Crippen molar-refractivity contribution in [1.82, 2.24) is 9.78 Å². The van der Waals surface area contributed by atoms with Crippen LogP contribution in [0.25, 0.3) is 5.69 Å². The molecular weight excluding hydrogens is 438 g/mol. The minimum atomic E-state index is -4.50. The van der Waals surface area contributed by atoms with Crippen molar-refractivity contribution in [3.05, 3.63) is 75.0 Å². The van der Waals surface area contributed by atoms with E-state index in [1.165, 1.54) is 16.8 Å². The fourth-order valence-corrected chi connectivity index (χ4v) is 4.09. The molecule has 0 radical (unpaired) electrons. The Balaban J connectivity index is 1.63. The molecule has 1 aliphatic carbocycles. The van der Waals surface area contributed by atoms with Crippen LogP contribution in [0, 0.1) is 0 Å². The molecule has 30 heavy (non-hydrogen) atoms. The van der Waals surface area contributed by atoms with Crippen molar-refractivity contribution in [2.75, 3.05) is 5.32 Å². The zero-order valence-electron chi connectivity index (χ0n) is 15.6. The molecule has 1 aromatic heterocycles. The molecule has 0 saturated carbocycles. The molecular formula is C21H16Cl2F3N3O. The predicted molar refractivity (Wildman–Crippen MR) is 110 cm³/mol. The molecule has 1 amide bonds. The molecule has 0 saturated heterocycles. The maximum atomic E-state index is 13.4. The SMILES string of the molecule is O=C(Nc1c(Cl)cccc1Cl)c1ccc(-n2nc(C(F)(F)F)c3c2CCCC3)cc1. The summed E-state index contributed by atoms with van der Waals surface area (Å²) in [5.74, 6) is -0.435. The van der Waals surface area contributed by atoms with Crippen LogP contribution in [0.5, 0.6) is 0 Å². The van der Waals surface area contributed by atoms with Crippen molar-refractivity contribution in [2.24, 2.45) is 0 Å². The number of aromatic nitrogens is 2. The van der Waals surface area contributed by atoms with E-state index in [1.54, 1.807) is 30.3 Å². The van der Waals surface area contributed by atoms with Crippen LogP contribution in [0.2, 0.25) is 10.0 Å². The molecule has 2 aromatic carbocycles. The second kappa shape index (κ2) is 7.96. The Morgan fingerprint density at radius 1 is 1.00 bits per heavy atom. The monoisotopic (exact) mass is 453 g/mol. The van der Waals surface area contributed by atoms with E-state index in [9.17, 15) is 18.0 Å². The van der Waals surface area contributed by atoms with E-state index < -0.39 is 17.8 Å². The highest BCUT2D eigenvalue weighted by atomic mass is 35.5. The lowest BCUT2D eigenvalue weighted by molar-refractivity contribution is -0.142. The number of anilines is 1. The summed E-state index contributed by atoms with van der Waals surface area (Å²) >= 11 is 12.1. The van der Waals surface area contributed by atoms with Crippen LogP contribution in [0.1, 0.15) is 40.2 Å². The van der Waals surface area contributed by atoms with Crippen molar-refractivity contribution in [2.45, 2.75) is 31.9 Å². The first kappa shape index (κ1) is 20.8. The van der Waals surface area contributed by atoms with Gasteiger partial charge in [0.1, 0.15) is 0 Å². The van der Waals surface area contributed by atoms with E-state index in [4.69, 9.17) is 23.2 Å². The molecule has 0 fully saturated rings. The molecule has 1 N–H and O–H groups in total. The summed E-state index contributed by atoms with van der Waals surface area (Å²) in [5, 5.41) is 7.11. The molecule has 0 bridgehead atoms. The van der Waals surface area contributed by atoms with E-state index in [0.717, 1.165) is 6.42 Å². The van der Waals surface area contributed by atoms with Crippen molar-refractivity contribution >= 4 is 34.8 Å². The fraction of sp³-hybridized carbons (Fsp3) is 0.238. The van der Waals surface area contributed by atoms with Crippen LogP contribution < -0.4 is 5.32 Å². The number of hydrogen-bond donors (Lipinski definition) is 1. The zero-order chi connectivity index (χ0) is 21.5. The fourth-order valence-electron chi connectivity index (χ4n) is 3.60. The Kier molecular flexibility index (Phi) is 5.51. The van der Waals surface area contributed by atoms with Gasteiger partial charge in [-0.15, -0.1) is 0 Å². The smallest absolute Gasteiger partial charge is 0.319 e. The number of para-hydroxylation sites is 1. The number of fused-ring (bicyclic) bond motifs is 1. The molecule has 0 aliphatic heterocycles. The Hall–Kier alpha value is -2.51. The van der Waals surface area contributed by atoms with Gasteiger partial charge in [-0.1, -0.05) is 29.3 Å². The third-order valence-corrected chi connectivity index (χ3v) is 5.65. The maximum absolute atomic E-state index is 13.4. The number of benzene rings is 2. The van der Waals surface area contributed by atoms with Crippen LogP contribution >= 0.6 is 23.2 Å². The lowest BCUT2D eigenvalue weighted by atomic mass is 9.95. The number of nitrogens with zero attached hydrogens (tertiary/aromatic N) is 2. The normalized spacial score (nSPS) is 13.8. The lowest BCUT2D eigenvalue weighted by Gasteiger charge is -2.15. The number of halogens is 5. The first-order valence-electron chi connectivity index (χ1n) is 9.29. The van der Waals surface area contributed by atoms with Crippen molar-refractivity contribution in [1.29, 1.82) is 0 Å². The first-order chi connectivity index (χ1) is 14.3. The quantitative estimate of drug-likeness (QED) is 0.503. The summed E-state index contributed by atoms with van der Waals surface area (Å²) in [6, 6.07) is 11.1. The second-order valence-electron chi connectivity index (χ2n) is 6.99. The number of amides is 1. The Labute approximate surface area is 180 Å². The third-order valence-electron chi connectivity index (χ3n) is 5.02. The summed E-state index contributed by atoms with van der Waals surface area (Å²) in [6.07, 6.45) is -2.07. The van der Waals surface area contributed by atoms with Crippen LogP contribution in [0.15, 0.2) is 42.5 Å². The predicted octanol–water partition coefficient (Wildman–Crippen LogP) is 6.33. The van der Waals surface area contributed by atoms with Gasteiger partial charge in [0.25, 0.3) is 5.91 Å². The Morgan fingerprint density at radius 2 is 1.63 bits per heavy atom. The average molecular weight is 454 g/mol. The van der Waals surface area contributed by atoms with Gasteiger partial charge in [0.15, 0.2) is 5.69 Å². The molecule has 0 unspecified atom stereocenters. The molecule has 4 rings (SSSR count). The van der Waals surface area contributed by atoms with Crippen LogP contribution in [0.3, 0.4) is 0 Å². The van der Waals surface area contributed by atoms with Crippen molar-refractivity contribution < 1.29 is 18.0 Å². The highest BCUT2D eigenvalue weighted by Crippen LogP contribution is 2.37. The summed E-state index contributed by atoms with van der Waals surface area (Å²) < 4.78 is 41.5. The highest BCUT2D eigenvalue weighted by molar-refractivity contribution is 6.40. The van der Waals surface area contributed by atoms with Gasteiger partial charge in [-0.3, -0.25) is 4.79 Å². The van der Waals surface area contributed by atoms with Gasteiger partial charge in [0.05, 0.1) is 21.4 Å². The van der Waals surface area contributed by atoms with Gasteiger partial charge in [-0.2, -0.15) is 18.3 Å². The Bertz CT molecular complexity index is 1090. The van der Waals surface area contributed by atoms with Crippen molar-refractivity contribution in [3.63, 3.8) is 0 Å². The number of hydrogen-bond acceptors (Lipinski definition) is 2. The topological polar surface area (TPSA) is 46.9 Å². The molecule has 0 spiro atoms. The second-order valence-corrected chi connectivity index (χ2v) is 7.80. The van der Waals surface area contributed by atoms with Crippen LogP contribution in [0.4, 0.5) is 18.9 Å². The van der Waals surface area contributed by atoms with E-state index in [1.807, 2.05) is 0 Å². The van der Waals surface area contributed by atoms with E-state index in [2.05, 4.69) is 10.4 Å². The molecule has 3 aromatic rings. The minimum absolute atomic E-state index is 0.268. The maximum Gasteiger partial charge on any atom is 0.435 e. The molecule has 9 heteroatoms. The average Bonchev–Trinajstić information content (AvgIpc) is 3.11. The van der Waals surface area contributed by atoms with Crippen molar-refractivity contribution in [3.8, 4) is 5.69 Å². The molecule has 1 aliphatic rings. The van der Waals surface area contributed by atoms with E-state index in [-0.39, 0.29) is 5.56 Å². The van der Waals surface area contributed by atoms with Crippen LogP contribution in [-0.2, 0) is 19.0 Å². The van der Waals surface area contributed by atoms with Gasteiger partial charge in [-0.25, -0.2) is 4.68 Å². The first-order valence-corrected chi connectivity index (χ1v) is 10.0. The molecule has 4 nitrogen and oxygen atoms in total. The number of rotatable bonds is 3. The Morgan fingerprint density at radius 3 is 2.27 bits per heavy atom. The van der Waals surface area contributed by atoms with Gasteiger partial charge in [-0.05, 0) is 62.1 Å². The number of alkyl halides is 3. The summed E-state index contributed by atoms with van der Waals surface area (Å²) in [4.78, 5) is 12.5. The zero-order valence-corrected chi connectivity index (χ0v) is 17.1. The molecule has 156 valence electrons. The molecule has 1 heterocycles. The van der Waals surface area contributed by atoms with E-state index in [0.29, 0.717) is 51.9 Å². The third kappa shape index (κ3) is 3.91. The van der Waals surface area contributed by atoms with Gasteiger partial charge < -0.3 is 5.32 Å². The number of carbonyl (C=O) groups excluding carboxylic acids is 1. The minimum Gasteiger partial charge on any atom is -0.319 e. The lowest BCUT2D eigenvalue weighted by Crippen LogP contribution is -2.13. The van der Waals surface area contributed by atoms with Gasteiger partial charge in [0.2, 0.25) is 0 Å². The van der Waals surface area contributed by atoms with Crippen LogP contribution in [-0.4, -0.2) is 15.7 Å². The largest absolute Gasteiger partial charge is 0.435 e. The standard InChI is InChI=1S/C21H16Cl2F3N3O/c22-15-5-3-6-16(23)18(15)27-20(30)12-8-10-13(11-9-12)29-17-7-2-1-4-14(17)19(28-29)21(24,25)26/h3,5-6,8-11H,1-2,4,7H2,(H,27,30).